The first-order chi connectivity index (χ1) is 10.9. The van der Waals surface area contributed by atoms with Gasteiger partial charge >= 0.3 is 5.97 Å². The highest BCUT2D eigenvalue weighted by Gasteiger charge is 2.10. The monoisotopic (exact) mass is 317 g/mol. The van der Waals surface area contributed by atoms with E-state index in [2.05, 4.69) is 15.0 Å². The summed E-state index contributed by atoms with van der Waals surface area (Å²) in [6.07, 6.45) is 0. The molecule has 8 nitrogen and oxygen atoms in total. The summed E-state index contributed by atoms with van der Waals surface area (Å²) in [5.41, 5.74) is 6.65. The second-order valence-corrected chi connectivity index (χ2v) is 5.07. The molecule has 0 radical (unpaired) electrons. The van der Waals surface area contributed by atoms with E-state index in [9.17, 15) is 4.79 Å². The van der Waals surface area contributed by atoms with Crippen molar-refractivity contribution in [2.45, 2.75) is 13.5 Å². The molecule has 0 bridgehead atoms. The Balaban J connectivity index is 1.87. The van der Waals surface area contributed by atoms with Crippen molar-refractivity contribution >= 4 is 17.9 Å². The van der Waals surface area contributed by atoms with Gasteiger partial charge in [-0.15, -0.1) is 0 Å². The standard InChI is InChI=1S/C15H19N5O3/c1-10-5-4-6-11(7-10)22-9-13(21)23-8-12-17-14(16)19-15(18-12)20(2)3/h4-7H,8-9H2,1-3H3,(H2,16,17,18,19). The molecule has 0 aliphatic heterocycles. The molecular weight excluding hydrogens is 298 g/mol. The van der Waals surface area contributed by atoms with Crippen molar-refractivity contribution in [2.75, 3.05) is 31.3 Å². The van der Waals surface area contributed by atoms with E-state index in [1.165, 1.54) is 0 Å². The molecule has 2 N–H and O–H groups in total. The molecular formula is C15H19N5O3. The van der Waals surface area contributed by atoms with Crippen LogP contribution in [-0.4, -0.2) is 41.6 Å². The highest BCUT2D eigenvalue weighted by molar-refractivity contribution is 5.71. The molecule has 0 unspecified atom stereocenters. The van der Waals surface area contributed by atoms with Crippen LogP contribution in [0.4, 0.5) is 11.9 Å². The Labute approximate surface area is 134 Å². The number of carbonyl (C=O) groups excluding carboxylic acids is 1. The molecule has 0 aliphatic carbocycles. The van der Waals surface area contributed by atoms with E-state index in [0.717, 1.165) is 5.56 Å². The summed E-state index contributed by atoms with van der Waals surface area (Å²) in [5.74, 6) is 0.855. The smallest absolute Gasteiger partial charge is 0.344 e. The second-order valence-electron chi connectivity index (χ2n) is 5.07. The summed E-state index contributed by atoms with van der Waals surface area (Å²) in [6.45, 7) is 1.66. The van der Waals surface area contributed by atoms with Gasteiger partial charge in [0.1, 0.15) is 5.75 Å². The molecule has 8 heteroatoms. The topological polar surface area (TPSA) is 103 Å². The van der Waals surface area contributed by atoms with Crippen molar-refractivity contribution in [2.24, 2.45) is 0 Å². The molecule has 0 saturated heterocycles. The average Bonchev–Trinajstić information content (AvgIpc) is 2.50. The van der Waals surface area contributed by atoms with Crippen LogP contribution < -0.4 is 15.4 Å². The molecule has 0 atom stereocenters. The minimum atomic E-state index is -0.517. The predicted octanol–water partition coefficient (Wildman–Crippen LogP) is 0.950. The highest BCUT2D eigenvalue weighted by atomic mass is 16.6. The van der Waals surface area contributed by atoms with Gasteiger partial charge in [0.15, 0.2) is 19.0 Å². The normalized spacial score (nSPS) is 10.2. The molecule has 2 aromatic rings. The van der Waals surface area contributed by atoms with Gasteiger partial charge in [-0.2, -0.15) is 15.0 Å². The van der Waals surface area contributed by atoms with Gasteiger partial charge in [0.05, 0.1) is 0 Å². The van der Waals surface area contributed by atoms with Gasteiger partial charge in [-0.1, -0.05) is 12.1 Å². The van der Waals surface area contributed by atoms with Crippen LogP contribution in [0.15, 0.2) is 24.3 Å². The van der Waals surface area contributed by atoms with Gasteiger partial charge in [-0.05, 0) is 24.6 Å². The number of nitrogens with zero attached hydrogens (tertiary/aromatic N) is 4. The minimum absolute atomic E-state index is 0.0748. The van der Waals surface area contributed by atoms with E-state index in [1.807, 2.05) is 25.1 Å². The number of nitrogens with two attached hydrogens (primary N) is 1. The number of rotatable bonds is 6. The SMILES string of the molecule is Cc1cccc(OCC(=O)OCc2nc(N)nc(N(C)C)n2)c1. The fourth-order valence-corrected chi connectivity index (χ4v) is 1.72. The van der Waals surface area contributed by atoms with E-state index < -0.39 is 5.97 Å². The number of hydrogen-bond acceptors (Lipinski definition) is 8. The molecule has 1 aromatic heterocycles. The van der Waals surface area contributed by atoms with Crippen molar-refractivity contribution < 1.29 is 14.3 Å². The molecule has 2 rings (SSSR count). The summed E-state index contributed by atoms with van der Waals surface area (Å²) >= 11 is 0. The van der Waals surface area contributed by atoms with Crippen molar-refractivity contribution in [3.8, 4) is 5.75 Å². The third kappa shape index (κ3) is 5.10. The number of carbonyl (C=O) groups is 1. The van der Waals surface area contributed by atoms with E-state index >= 15 is 0 Å². The fourth-order valence-electron chi connectivity index (χ4n) is 1.72. The Morgan fingerprint density at radius 3 is 2.74 bits per heavy atom. The number of aromatic nitrogens is 3. The van der Waals surface area contributed by atoms with Gasteiger partial charge in [0.25, 0.3) is 0 Å². The Morgan fingerprint density at radius 1 is 1.26 bits per heavy atom. The van der Waals surface area contributed by atoms with Crippen LogP contribution in [0.3, 0.4) is 0 Å². The quantitative estimate of drug-likeness (QED) is 0.785. The molecule has 0 saturated carbocycles. The highest BCUT2D eigenvalue weighted by Crippen LogP contribution is 2.12. The van der Waals surface area contributed by atoms with Crippen molar-refractivity contribution in [1.29, 1.82) is 0 Å². The molecule has 122 valence electrons. The van der Waals surface area contributed by atoms with Crippen LogP contribution in [0.1, 0.15) is 11.4 Å². The molecule has 23 heavy (non-hydrogen) atoms. The van der Waals surface area contributed by atoms with E-state index in [0.29, 0.717) is 11.7 Å². The zero-order chi connectivity index (χ0) is 16.8. The lowest BCUT2D eigenvalue weighted by molar-refractivity contribution is -0.147. The van der Waals surface area contributed by atoms with Gasteiger partial charge in [-0.3, -0.25) is 0 Å². The van der Waals surface area contributed by atoms with Crippen LogP contribution in [0.5, 0.6) is 5.75 Å². The summed E-state index contributed by atoms with van der Waals surface area (Å²) < 4.78 is 10.4. The number of ether oxygens (including phenoxy) is 2. The average molecular weight is 317 g/mol. The Bertz CT molecular complexity index is 691. The van der Waals surface area contributed by atoms with Gasteiger partial charge in [0.2, 0.25) is 11.9 Å². The first-order valence-electron chi connectivity index (χ1n) is 6.97. The molecule has 1 heterocycles. The maximum atomic E-state index is 11.7. The predicted molar refractivity (Wildman–Crippen MR) is 85.0 cm³/mol. The molecule has 0 aliphatic rings. The summed E-state index contributed by atoms with van der Waals surface area (Å²) in [5, 5.41) is 0. The lowest BCUT2D eigenvalue weighted by Crippen LogP contribution is -2.18. The van der Waals surface area contributed by atoms with Gasteiger partial charge in [-0.25, -0.2) is 4.79 Å². The van der Waals surface area contributed by atoms with E-state index in [1.54, 1.807) is 25.1 Å². The largest absolute Gasteiger partial charge is 0.482 e. The number of aryl methyl sites for hydroxylation is 1. The Morgan fingerprint density at radius 2 is 2.04 bits per heavy atom. The zero-order valence-corrected chi connectivity index (χ0v) is 13.3. The van der Waals surface area contributed by atoms with E-state index in [4.69, 9.17) is 15.2 Å². The minimum Gasteiger partial charge on any atom is -0.482 e. The second kappa shape index (κ2) is 7.39. The van der Waals surface area contributed by atoms with E-state index in [-0.39, 0.29) is 25.0 Å². The van der Waals surface area contributed by atoms with Crippen LogP contribution in [0, 0.1) is 6.92 Å². The van der Waals surface area contributed by atoms with Crippen molar-refractivity contribution in [1.82, 2.24) is 15.0 Å². The summed E-state index contributed by atoms with van der Waals surface area (Å²) in [6, 6.07) is 7.41. The van der Waals surface area contributed by atoms with Crippen LogP contribution in [-0.2, 0) is 16.1 Å². The van der Waals surface area contributed by atoms with Crippen molar-refractivity contribution in [3.05, 3.63) is 35.7 Å². The molecule has 0 amide bonds. The number of nitrogen functional groups attached to an aromatic ring is 1. The van der Waals surface area contributed by atoms with Crippen molar-refractivity contribution in [3.63, 3.8) is 0 Å². The maximum absolute atomic E-state index is 11.7. The third-order valence-electron chi connectivity index (χ3n) is 2.80. The lowest BCUT2D eigenvalue weighted by atomic mass is 10.2. The summed E-state index contributed by atoms with van der Waals surface area (Å²) in [7, 11) is 3.56. The zero-order valence-electron chi connectivity index (χ0n) is 13.3. The van der Waals surface area contributed by atoms with Gasteiger partial charge < -0.3 is 20.1 Å². The fraction of sp³-hybridized carbons (Fsp3) is 0.333. The summed E-state index contributed by atoms with van der Waals surface area (Å²) in [4.78, 5) is 25.4. The lowest BCUT2D eigenvalue weighted by Gasteiger charge is -2.11. The molecule has 1 aromatic carbocycles. The number of hydrogen-bond donors (Lipinski definition) is 1. The molecule has 0 spiro atoms. The van der Waals surface area contributed by atoms with Crippen LogP contribution in [0.2, 0.25) is 0 Å². The maximum Gasteiger partial charge on any atom is 0.344 e. The molecule has 0 fully saturated rings. The van der Waals surface area contributed by atoms with Crippen LogP contribution >= 0.6 is 0 Å². The third-order valence-corrected chi connectivity index (χ3v) is 2.80. The first-order valence-corrected chi connectivity index (χ1v) is 6.97. The number of esters is 1. The number of benzene rings is 1. The Hall–Kier alpha value is -2.90. The first kappa shape index (κ1) is 16.5. The van der Waals surface area contributed by atoms with Crippen LogP contribution in [0.25, 0.3) is 0 Å². The van der Waals surface area contributed by atoms with Gasteiger partial charge in [0, 0.05) is 14.1 Å². The number of anilines is 2. The Kier molecular flexibility index (Phi) is 5.29.